The van der Waals surface area contributed by atoms with Crippen LogP contribution in [0.2, 0.25) is 0 Å². The lowest BCUT2D eigenvalue weighted by Gasteiger charge is -2.13. The van der Waals surface area contributed by atoms with Gasteiger partial charge in [-0.2, -0.15) is 5.10 Å². The molecule has 4 aromatic heterocycles. The van der Waals surface area contributed by atoms with Gasteiger partial charge in [0.25, 0.3) is 0 Å². The largest absolute Gasteiger partial charge is 0.353 e. The normalized spacial score (nSPS) is 14.2. The van der Waals surface area contributed by atoms with E-state index in [-0.39, 0.29) is 5.78 Å². The lowest BCUT2D eigenvalue weighted by Crippen LogP contribution is -2.20. The third-order valence-corrected chi connectivity index (χ3v) is 7.16. The molecule has 0 bridgehead atoms. The smallest absolute Gasteiger partial charge is 0.169 e. The van der Waals surface area contributed by atoms with E-state index in [0.717, 1.165) is 73.8 Å². The summed E-state index contributed by atoms with van der Waals surface area (Å²) in [5.74, 6) is 0.0944. The van der Waals surface area contributed by atoms with Gasteiger partial charge >= 0.3 is 0 Å². The molecule has 0 unspecified atom stereocenters. The van der Waals surface area contributed by atoms with E-state index in [4.69, 9.17) is 4.98 Å². The quantitative estimate of drug-likeness (QED) is 0.327. The first kappa shape index (κ1) is 19.2. The van der Waals surface area contributed by atoms with Gasteiger partial charge in [0.05, 0.1) is 21.8 Å². The molecule has 6 nitrogen and oxygen atoms in total. The van der Waals surface area contributed by atoms with Crippen molar-refractivity contribution in [3.8, 4) is 21.8 Å². The van der Waals surface area contributed by atoms with Crippen molar-refractivity contribution < 1.29 is 4.79 Å². The van der Waals surface area contributed by atoms with Crippen LogP contribution in [-0.2, 0) is 0 Å². The van der Waals surface area contributed by atoms with Crippen molar-refractivity contribution >= 4 is 44.6 Å². The van der Waals surface area contributed by atoms with E-state index >= 15 is 0 Å². The Morgan fingerprint density at radius 2 is 2.03 bits per heavy atom. The molecule has 5 heterocycles. The lowest BCUT2D eigenvalue weighted by molar-refractivity contribution is 0.102. The molecule has 5 aromatic rings. The van der Waals surface area contributed by atoms with Gasteiger partial charge in [0.2, 0.25) is 0 Å². The number of H-pyrrole nitrogens is 2. The Bertz CT molecular complexity index is 1520. The van der Waals surface area contributed by atoms with E-state index in [1.54, 1.807) is 6.92 Å². The van der Waals surface area contributed by atoms with Crippen molar-refractivity contribution in [3.63, 3.8) is 0 Å². The van der Waals surface area contributed by atoms with Crippen molar-refractivity contribution in [2.45, 2.75) is 13.3 Å². The molecular formula is C25H21N5OS. The predicted molar refractivity (Wildman–Crippen MR) is 130 cm³/mol. The first-order chi connectivity index (χ1) is 15.7. The summed E-state index contributed by atoms with van der Waals surface area (Å²) < 4.78 is 0. The van der Waals surface area contributed by atoms with Gasteiger partial charge < -0.3 is 10.3 Å². The van der Waals surface area contributed by atoms with Crippen molar-refractivity contribution in [1.29, 1.82) is 0 Å². The molecule has 32 heavy (non-hydrogen) atoms. The van der Waals surface area contributed by atoms with Crippen LogP contribution in [0.25, 0.3) is 49.3 Å². The van der Waals surface area contributed by atoms with Crippen LogP contribution in [0.5, 0.6) is 0 Å². The average molecular weight is 440 g/mol. The molecule has 0 amide bonds. The molecule has 7 heteroatoms. The number of benzene rings is 1. The van der Waals surface area contributed by atoms with Gasteiger partial charge in [-0.15, -0.1) is 11.3 Å². The van der Waals surface area contributed by atoms with E-state index < -0.39 is 0 Å². The van der Waals surface area contributed by atoms with E-state index in [1.165, 1.54) is 16.9 Å². The van der Waals surface area contributed by atoms with Crippen LogP contribution in [0.4, 0.5) is 0 Å². The number of hydrogen-bond acceptors (Lipinski definition) is 5. The summed E-state index contributed by atoms with van der Waals surface area (Å²) in [5.41, 5.74) is 7.94. The Labute approximate surface area is 188 Å². The average Bonchev–Trinajstić information content (AvgIpc) is 3.56. The Hall–Kier alpha value is -3.55. The highest BCUT2D eigenvalue weighted by atomic mass is 32.1. The number of thiophene rings is 1. The fourth-order valence-corrected chi connectivity index (χ4v) is 5.23. The Kier molecular flexibility index (Phi) is 4.52. The van der Waals surface area contributed by atoms with Gasteiger partial charge in [-0.1, -0.05) is 18.2 Å². The maximum absolute atomic E-state index is 11.8. The van der Waals surface area contributed by atoms with Crippen LogP contribution in [0, 0.1) is 0 Å². The van der Waals surface area contributed by atoms with E-state index in [9.17, 15) is 4.79 Å². The second-order valence-corrected chi connectivity index (χ2v) is 9.10. The van der Waals surface area contributed by atoms with Crippen molar-refractivity contribution in [1.82, 2.24) is 25.5 Å². The fourth-order valence-electron chi connectivity index (χ4n) is 4.29. The third kappa shape index (κ3) is 3.18. The van der Waals surface area contributed by atoms with Gasteiger partial charge in [0.15, 0.2) is 5.78 Å². The summed E-state index contributed by atoms with van der Waals surface area (Å²) in [4.78, 5) is 22.1. The zero-order valence-electron chi connectivity index (χ0n) is 17.5. The number of aromatic nitrogens is 4. The van der Waals surface area contributed by atoms with E-state index in [1.807, 2.05) is 18.2 Å². The number of ketones is 1. The fraction of sp³-hybridized carbons (Fsp3) is 0.160. The van der Waals surface area contributed by atoms with Crippen molar-refractivity contribution in [2.24, 2.45) is 0 Å². The standard InChI is InChI=1S/C25H21N5OS/c1-14(31)22-7-8-23(32-22)16-3-2-4-19-17(16)13-21(27-19)25-24-20(29-30-25)6-5-18(28-24)15-9-11-26-12-10-15/h2-9,13,26-27H,10-12H2,1H3,(H,29,30). The minimum Gasteiger partial charge on any atom is -0.353 e. The molecule has 0 saturated heterocycles. The molecule has 1 aromatic carbocycles. The predicted octanol–water partition coefficient (Wildman–Crippen LogP) is 5.41. The number of Topliss-reactive ketones (excluding diaryl/α,β-unsaturated/α-hetero) is 1. The Morgan fingerprint density at radius 1 is 1.09 bits per heavy atom. The SMILES string of the molecule is CC(=O)c1ccc(-c2cccc3[nH]c(-c4n[nH]c5ccc(C6=CCNCC6)nc45)cc23)s1. The minimum atomic E-state index is 0.0944. The number of nitrogens with one attached hydrogen (secondary N) is 3. The number of carbonyl (C=O) groups excluding carboxylic acids is 1. The Morgan fingerprint density at radius 3 is 2.84 bits per heavy atom. The van der Waals surface area contributed by atoms with E-state index in [0.29, 0.717) is 0 Å². The Balaban J connectivity index is 1.47. The van der Waals surface area contributed by atoms with Gasteiger partial charge in [-0.3, -0.25) is 9.89 Å². The molecule has 0 aliphatic carbocycles. The first-order valence-corrected chi connectivity index (χ1v) is 11.5. The van der Waals surface area contributed by atoms with Crippen LogP contribution >= 0.6 is 11.3 Å². The van der Waals surface area contributed by atoms with E-state index in [2.05, 4.69) is 56.9 Å². The highest BCUT2D eigenvalue weighted by Crippen LogP contribution is 2.37. The number of fused-ring (bicyclic) bond motifs is 2. The maximum Gasteiger partial charge on any atom is 0.169 e. The van der Waals surface area contributed by atoms with Crippen LogP contribution in [-0.4, -0.2) is 39.0 Å². The monoisotopic (exact) mass is 439 g/mol. The number of nitrogens with zero attached hydrogens (tertiary/aromatic N) is 2. The van der Waals surface area contributed by atoms with Crippen LogP contribution in [0.15, 0.2) is 54.6 Å². The maximum atomic E-state index is 11.8. The number of rotatable bonds is 4. The number of pyridine rings is 1. The molecule has 0 fully saturated rings. The van der Waals surface area contributed by atoms with Crippen LogP contribution in [0.3, 0.4) is 0 Å². The number of aromatic amines is 2. The summed E-state index contributed by atoms with van der Waals surface area (Å²) in [6, 6.07) is 16.4. The molecule has 1 aliphatic heterocycles. The molecule has 3 N–H and O–H groups in total. The third-order valence-electron chi connectivity index (χ3n) is 5.94. The molecule has 0 atom stereocenters. The van der Waals surface area contributed by atoms with Crippen molar-refractivity contribution in [3.05, 3.63) is 65.2 Å². The van der Waals surface area contributed by atoms with Gasteiger partial charge in [0, 0.05) is 27.9 Å². The van der Waals surface area contributed by atoms with Gasteiger partial charge in [0.1, 0.15) is 11.2 Å². The molecule has 6 rings (SSSR count). The molecule has 0 spiro atoms. The summed E-state index contributed by atoms with van der Waals surface area (Å²) in [7, 11) is 0. The highest BCUT2D eigenvalue weighted by Gasteiger charge is 2.17. The second-order valence-electron chi connectivity index (χ2n) is 8.02. The number of hydrogen-bond donors (Lipinski definition) is 3. The van der Waals surface area contributed by atoms with Gasteiger partial charge in [-0.25, -0.2) is 4.98 Å². The molecular weight excluding hydrogens is 418 g/mol. The minimum absolute atomic E-state index is 0.0944. The summed E-state index contributed by atoms with van der Waals surface area (Å²) in [6.07, 6.45) is 3.19. The van der Waals surface area contributed by atoms with Crippen LogP contribution < -0.4 is 5.32 Å². The zero-order valence-corrected chi connectivity index (χ0v) is 18.3. The molecule has 1 aliphatic rings. The summed E-state index contributed by atoms with van der Waals surface area (Å²) >= 11 is 1.53. The second kappa shape index (κ2) is 7.55. The topological polar surface area (TPSA) is 86.5 Å². The summed E-state index contributed by atoms with van der Waals surface area (Å²) in [6.45, 7) is 3.46. The van der Waals surface area contributed by atoms with Crippen LogP contribution in [0.1, 0.15) is 28.7 Å². The number of carbonyl (C=O) groups is 1. The lowest BCUT2D eigenvalue weighted by atomic mass is 10.0. The van der Waals surface area contributed by atoms with Gasteiger partial charge in [-0.05, 0) is 61.9 Å². The van der Waals surface area contributed by atoms with Crippen molar-refractivity contribution in [2.75, 3.05) is 13.1 Å². The zero-order chi connectivity index (χ0) is 21.7. The first-order valence-electron chi connectivity index (χ1n) is 10.7. The highest BCUT2D eigenvalue weighted by molar-refractivity contribution is 7.17. The molecule has 0 saturated carbocycles. The molecule has 0 radical (unpaired) electrons. The summed E-state index contributed by atoms with van der Waals surface area (Å²) in [5, 5.41) is 12.2. The molecule has 158 valence electrons.